The second-order valence-corrected chi connectivity index (χ2v) is 8.82. The van der Waals surface area contributed by atoms with Crippen LogP contribution in [0.15, 0.2) is 0 Å². The topological polar surface area (TPSA) is 72.5 Å². The Morgan fingerprint density at radius 2 is 1.76 bits per heavy atom. The van der Waals surface area contributed by atoms with Gasteiger partial charge >= 0.3 is 5.97 Å². The lowest BCUT2D eigenvalue weighted by molar-refractivity contribution is -0.145. The van der Waals surface area contributed by atoms with Crippen LogP contribution in [0, 0.1) is 23.7 Å². The van der Waals surface area contributed by atoms with E-state index in [0.29, 0.717) is 25.3 Å². The van der Waals surface area contributed by atoms with Crippen molar-refractivity contribution in [3.63, 3.8) is 0 Å². The number of hydrogen-bond donors (Lipinski definition) is 1. The fraction of sp³-hybridized carbons (Fsp3) is 0.933. The van der Waals surface area contributed by atoms with E-state index in [1.165, 1.54) is 32.8 Å². The van der Waals surface area contributed by atoms with Gasteiger partial charge in [-0.3, -0.25) is 4.79 Å². The Kier molecular flexibility index (Phi) is 4.28. The molecule has 2 atom stereocenters. The predicted octanol–water partition coefficient (Wildman–Crippen LogP) is 1.68. The van der Waals surface area contributed by atoms with Crippen LogP contribution >= 0.6 is 0 Å². The van der Waals surface area contributed by atoms with Gasteiger partial charge in [0, 0.05) is 6.54 Å². The zero-order chi connectivity index (χ0) is 15.0. The Morgan fingerprint density at radius 3 is 2.29 bits per heavy atom. The molecule has 3 aliphatic carbocycles. The zero-order valence-corrected chi connectivity index (χ0v) is 13.4. The molecule has 3 aliphatic rings. The van der Waals surface area contributed by atoms with Crippen LogP contribution in [0.25, 0.3) is 0 Å². The van der Waals surface area contributed by atoms with Crippen LogP contribution in [0.3, 0.4) is 0 Å². The quantitative estimate of drug-likeness (QED) is 0.726. The molecule has 120 valence electrons. The third-order valence-corrected chi connectivity index (χ3v) is 7.26. The molecule has 0 bridgehead atoms. The lowest BCUT2D eigenvalue weighted by atomic mass is 9.99. The highest BCUT2D eigenvalue weighted by Crippen LogP contribution is 2.49. The van der Waals surface area contributed by atoms with Gasteiger partial charge in [-0.25, -0.2) is 13.1 Å². The minimum Gasteiger partial charge on any atom is -0.469 e. The summed E-state index contributed by atoms with van der Waals surface area (Å²) < 4.78 is 32.6. The molecule has 0 aliphatic heterocycles. The smallest absolute Gasteiger partial charge is 0.310 e. The van der Waals surface area contributed by atoms with Crippen molar-refractivity contribution in [2.75, 3.05) is 13.7 Å². The van der Waals surface area contributed by atoms with E-state index in [1.807, 2.05) is 0 Å². The minimum atomic E-state index is -3.42. The van der Waals surface area contributed by atoms with Crippen molar-refractivity contribution >= 4 is 16.0 Å². The zero-order valence-electron chi connectivity index (χ0n) is 12.6. The van der Waals surface area contributed by atoms with Crippen LogP contribution in [0.1, 0.15) is 44.9 Å². The summed E-state index contributed by atoms with van der Waals surface area (Å²) in [5.74, 6) is 1.08. The number of carbonyl (C=O) groups is 1. The Labute approximate surface area is 126 Å². The van der Waals surface area contributed by atoms with Gasteiger partial charge in [0.1, 0.15) is 0 Å². The summed E-state index contributed by atoms with van der Waals surface area (Å²) in [6, 6.07) is 0. The van der Waals surface area contributed by atoms with Gasteiger partial charge in [-0.15, -0.1) is 0 Å². The fourth-order valence-electron chi connectivity index (χ4n) is 3.80. The summed E-state index contributed by atoms with van der Waals surface area (Å²) in [4.78, 5) is 11.7. The largest absolute Gasteiger partial charge is 0.469 e. The van der Waals surface area contributed by atoms with Crippen LogP contribution < -0.4 is 4.72 Å². The molecule has 0 amide bonds. The Hall–Kier alpha value is -0.620. The molecule has 3 saturated carbocycles. The SMILES string of the molecule is COC(=O)C1CCCC1S(=O)(=O)NCC(C1CC1)C1CC1. The van der Waals surface area contributed by atoms with Gasteiger partial charge in [0.25, 0.3) is 0 Å². The van der Waals surface area contributed by atoms with E-state index in [2.05, 4.69) is 4.72 Å². The van der Waals surface area contributed by atoms with E-state index in [9.17, 15) is 13.2 Å². The fourth-order valence-corrected chi connectivity index (χ4v) is 5.60. The molecule has 0 aromatic heterocycles. The van der Waals surface area contributed by atoms with Gasteiger partial charge in [0.2, 0.25) is 10.0 Å². The average Bonchev–Trinajstić information content (AvgIpc) is 3.38. The molecule has 21 heavy (non-hydrogen) atoms. The summed E-state index contributed by atoms with van der Waals surface area (Å²) in [6.45, 7) is 0.558. The summed E-state index contributed by atoms with van der Waals surface area (Å²) >= 11 is 0. The van der Waals surface area contributed by atoms with E-state index in [1.54, 1.807) is 0 Å². The number of ether oxygens (including phenoxy) is 1. The van der Waals surface area contributed by atoms with Gasteiger partial charge in [-0.2, -0.15) is 0 Å². The molecule has 2 unspecified atom stereocenters. The first-order valence-corrected chi connectivity index (χ1v) is 9.64. The van der Waals surface area contributed by atoms with Gasteiger partial charge < -0.3 is 4.74 Å². The molecule has 6 heteroatoms. The highest BCUT2D eigenvalue weighted by atomic mass is 32.2. The second kappa shape index (κ2) is 5.88. The maximum atomic E-state index is 12.5. The molecule has 0 saturated heterocycles. The minimum absolute atomic E-state index is 0.385. The first kappa shape index (κ1) is 15.3. The number of carbonyl (C=O) groups excluding carboxylic acids is 1. The maximum Gasteiger partial charge on any atom is 0.310 e. The predicted molar refractivity (Wildman–Crippen MR) is 79.0 cm³/mol. The summed E-state index contributed by atoms with van der Waals surface area (Å²) in [5, 5.41) is -0.607. The molecular formula is C15H25NO4S. The van der Waals surface area contributed by atoms with Crippen molar-refractivity contribution in [1.29, 1.82) is 0 Å². The molecule has 3 rings (SSSR count). The standard InChI is InChI=1S/C15H25NO4S/c1-20-15(17)12-3-2-4-14(12)21(18,19)16-9-13(10-5-6-10)11-7-8-11/h10-14,16H,2-9H2,1H3. The lowest BCUT2D eigenvalue weighted by Crippen LogP contribution is -2.41. The van der Waals surface area contributed by atoms with Crippen molar-refractivity contribution in [3.8, 4) is 0 Å². The number of rotatable bonds is 7. The molecular weight excluding hydrogens is 290 g/mol. The lowest BCUT2D eigenvalue weighted by Gasteiger charge is -2.21. The van der Waals surface area contributed by atoms with Crippen LogP contribution in [0.5, 0.6) is 0 Å². The number of methoxy groups -OCH3 is 1. The number of sulfonamides is 1. The third kappa shape index (κ3) is 3.42. The van der Waals surface area contributed by atoms with E-state index in [4.69, 9.17) is 4.74 Å². The molecule has 0 aromatic carbocycles. The third-order valence-electron chi connectivity index (χ3n) is 5.33. The monoisotopic (exact) mass is 315 g/mol. The Morgan fingerprint density at radius 1 is 1.14 bits per heavy atom. The van der Waals surface area contributed by atoms with Crippen molar-refractivity contribution in [2.45, 2.75) is 50.2 Å². The number of nitrogens with one attached hydrogen (secondary N) is 1. The van der Waals surface area contributed by atoms with E-state index in [0.717, 1.165) is 18.3 Å². The average molecular weight is 315 g/mol. The highest BCUT2D eigenvalue weighted by molar-refractivity contribution is 7.90. The second-order valence-electron chi connectivity index (χ2n) is 6.83. The number of esters is 1. The first-order valence-electron chi connectivity index (χ1n) is 8.09. The van der Waals surface area contributed by atoms with Crippen molar-refractivity contribution in [3.05, 3.63) is 0 Å². The normalized spacial score (nSPS) is 29.8. The highest BCUT2D eigenvalue weighted by Gasteiger charge is 2.45. The van der Waals surface area contributed by atoms with Crippen LogP contribution in [-0.4, -0.2) is 33.3 Å². The molecule has 0 radical (unpaired) electrons. The summed E-state index contributed by atoms with van der Waals surface area (Å²) in [6.07, 6.45) is 6.95. The van der Waals surface area contributed by atoms with E-state index < -0.39 is 21.2 Å². The van der Waals surface area contributed by atoms with Crippen molar-refractivity contribution < 1.29 is 17.9 Å². The summed E-state index contributed by atoms with van der Waals surface area (Å²) in [7, 11) is -2.09. The Balaban J connectivity index is 1.61. The van der Waals surface area contributed by atoms with Crippen molar-refractivity contribution in [1.82, 2.24) is 4.72 Å². The molecule has 3 fully saturated rings. The Bertz CT molecular complexity index is 484. The van der Waals surface area contributed by atoms with E-state index in [-0.39, 0.29) is 5.97 Å². The van der Waals surface area contributed by atoms with Gasteiger partial charge in [0.15, 0.2) is 0 Å². The van der Waals surface area contributed by atoms with Crippen molar-refractivity contribution in [2.24, 2.45) is 23.7 Å². The van der Waals surface area contributed by atoms with Crippen LogP contribution in [0.4, 0.5) is 0 Å². The molecule has 0 aromatic rings. The van der Waals surface area contributed by atoms with Gasteiger partial charge in [0.05, 0.1) is 18.3 Å². The molecule has 0 spiro atoms. The number of hydrogen-bond acceptors (Lipinski definition) is 4. The molecule has 0 heterocycles. The van der Waals surface area contributed by atoms with Gasteiger partial charge in [-0.05, 0) is 56.3 Å². The maximum absolute atomic E-state index is 12.5. The van der Waals surface area contributed by atoms with Crippen LogP contribution in [0.2, 0.25) is 0 Å². The summed E-state index contributed by atoms with van der Waals surface area (Å²) in [5.41, 5.74) is 0. The first-order chi connectivity index (χ1) is 10.0. The molecule has 1 N–H and O–H groups in total. The van der Waals surface area contributed by atoms with E-state index >= 15 is 0 Å². The molecule has 5 nitrogen and oxygen atoms in total. The van der Waals surface area contributed by atoms with Gasteiger partial charge in [-0.1, -0.05) is 6.42 Å². The van der Waals surface area contributed by atoms with Crippen LogP contribution in [-0.2, 0) is 19.6 Å².